The summed E-state index contributed by atoms with van der Waals surface area (Å²) in [7, 11) is -5.75. The Hall–Kier alpha value is -9.33. The van der Waals surface area contributed by atoms with E-state index in [1.165, 1.54) is 63.7 Å². The average molecular weight is 1020 g/mol. The van der Waals surface area contributed by atoms with E-state index < -0.39 is 21.6 Å². The van der Waals surface area contributed by atoms with Gasteiger partial charge in [0, 0.05) is 28.2 Å². The van der Waals surface area contributed by atoms with Crippen molar-refractivity contribution in [2.45, 2.75) is 5.41 Å². The molecule has 2 heterocycles. The van der Waals surface area contributed by atoms with E-state index in [0.29, 0.717) is 0 Å². The largest absolute Gasteiger partial charge is 0.457 e. The molecular formula is C73H53NOSi2. The lowest BCUT2D eigenvalue weighted by Crippen LogP contribution is -2.79. The summed E-state index contributed by atoms with van der Waals surface area (Å²) in [6.07, 6.45) is 0. The lowest BCUT2D eigenvalue weighted by molar-refractivity contribution is 0.435. The molecule has 2 aliphatic rings. The minimum absolute atomic E-state index is 0.744. The van der Waals surface area contributed by atoms with Crippen molar-refractivity contribution in [1.29, 1.82) is 0 Å². The summed E-state index contributed by atoms with van der Waals surface area (Å²) in [6.45, 7) is 0. The molecule has 0 bridgehead atoms. The maximum absolute atomic E-state index is 7.14. The van der Waals surface area contributed by atoms with Crippen LogP contribution in [0.4, 0.5) is 17.1 Å². The lowest BCUT2D eigenvalue weighted by atomic mass is 9.63. The Morgan fingerprint density at radius 3 is 1.16 bits per heavy atom. The van der Waals surface area contributed by atoms with Gasteiger partial charge < -0.3 is 9.64 Å². The van der Waals surface area contributed by atoms with E-state index in [1.54, 1.807) is 0 Å². The third kappa shape index (κ3) is 7.21. The van der Waals surface area contributed by atoms with Crippen LogP contribution in [-0.2, 0) is 5.41 Å². The van der Waals surface area contributed by atoms with Crippen LogP contribution >= 0.6 is 0 Å². The number of hydrogen-bond acceptors (Lipinski definition) is 2. The predicted molar refractivity (Wildman–Crippen MR) is 326 cm³/mol. The summed E-state index contributed by atoms with van der Waals surface area (Å²) in [5.41, 5.74) is 9.61. The number of anilines is 3. The molecule has 0 saturated heterocycles. The standard InChI is InChI=1S/C73H53NOSi2/c1-7-25-54(26-8-1)55-43-45-56(46-44-55)74(57-47-50-64(51-48-57)76(59-27-9-2-10-28-59,60-29-11-3-12-30-60)61-31-13-4-14-32-61)58-49-52-70-68(53-58)73(65-37-19-22-40-69(65)75-70)66-38-20-23-41-71(66)77(62-33-15-5-16-34-62,63-35-17-6-18-36-63)72-42-24-21-39-67(72)73/h1-53H. The maximum atomic E-state index is 7.14. The molecule has 1 spiro atoms. The van der Waals surface area contributed by atoms with Crippen LogP contribution < -0.4 is 51.1 Å². The number of fused-ring (bicyclic) bond motifs is 8. The van der Waals surface area contributed by atoms with Gasteiger partial charge >= 0.3 is 0 Å². The molecule has 2 nitrogen and oxygen atoms in total. The first-order valence-electron chi connectivity index (χ1n) is 26.7. The molecule has 0 radical (unpaired) electrons. The van der Waals surface area contributed by atoms with Gasteiger partial charge in [-0.3, -0.25) is 0 Å². The zero-order chi connectivity index (χ0) is 51.2. The van der Waals surface area contributed by atoms with Crippen molar-refractivity contribution in [3.05, 3.63) is 344 Å². The van der Waals surface area contributed by atoms with E-state index in [1.807, 2.05) is 0 Å². The number of rotatable bonds is 10. The molecule has 0 aliphatic carbocycles. The molecular weight excluding hydrogens is 963 g/mol. The molecule has 2 aliphatic heterocycles. The normalized spacial score (nSPS) is 13.5. The fraction of sp³-hybridized carbons (Fsp3) is 0.0137. The van der Waals surface area contributed by atoms with Gasteiger partial charge in [-0.2, -0.15) is 0 Å². The number of benzene rings is 12. The van der Waals surface area contributed by atoms with Gasteiger partial charge in [0.2, 0.25) is 0 Å². The van der Waals surface area contributed by atoms with E-state index in [4.69, 9.17) is 4.74 Å². The Labute approximate surface area is 453 Å². The van der Waals surface area contributed by atoms with E-state index in [0.717, 1.165) is 39.7 Å². The topological polar surface area (TPSA) is 12.5 Å². The first-order chi connectivity index (χ1) is 38.2. The summed E-state index contributed by atoms with van der Waals surface area (Å²) >= 11 is 0. The highest BCUT2D eigenvalue weighted by Gasteiger charge is 2.57. The molecule has 0 N–H and O–H groups in total. The molecule has 0 atom stereocenters. The maximum Gasteiger partial charge on any atom is 0.180 e. The molecule has 14 rings (SSSR count). The molecule has 0 fully saturated rings. The molecule has 0 saturated carbocycles. The van der Waals surface area contributed by atoms with Crippen molar-refractivity contribution in [3.8, 4) is 22.6 Å². The Kier molecular flexibility index (Phi) is 11.5. The second kappa shape index (κ2) is 19.1. The third-order valence-corrected chi connectivity index (χ3v) is 26.1. The molecule has 364 valence electrons. The van der Waals surface area contributed by atoms with E-state index >= 15 is 0 Å². The number of ether oxygens (including phenoxy) is 1. The van der Waals surface area contributed by atoms with E-state index in [-0.39, 0.29) is 0 Å². The molecule has 4 heteroatoms. The van der Waals surface area contributed by atoms with Gasteiger partial charge in [0.25, 0.3) is 0 Å². The van der Waals surface area contributed by atoms with Crippen LogP contribution in [0.25, 0.3) is 11.1 Å². The highest BCUT2D eigenvalue weighted by atomic mass is 28.3. The molecule has 0 aromatic heterocycles. The first kappa shape index (κ1) is 46.2. The zero-order valence-electron chi connectivity index (χ0n) is 42.5. The molecule has 12 aromatic carbocycles. The van der Waals surface area contributed by atoms with Crippen LogP contribution in [0.2, 0.25) is 0 Å². The minimum Gasteiger partial charge on any atom is -0.457 e. The van der Waals surface area contributed by atoms with E-state index in [2.05, 4.69) is 326 Å². The second-order valence-electron chi connectivity index (χ2n) is 20.2. The van der Waals surface area contributed by atoms with Crippen molar-refractivity contribution >= 4 is 74.7 Å². The lowest BCUT2D eigenvalue weighted by Gasteiger charge is -2.51. The fourth-order valence-corrected chi connectivity index (χ4v) is 23.3. The number of para-hydroxylation sites is 1. The summed E-state index contributed by atoms with van der Waals surface area (Å²) in [4.78, 5) is 2.44. The minimum atomic E-state index is -2.95. The van der Waals surface area contributed by atoms with Crippen LogP contribution in [-0.4, -0.2) is 16.1 Å². The second-order valence-corrected chi connectivity index (χ2v) is 27.8. The van der Waals surface area contributed by atoms with Crippen molar-refractivity contribution in [2.24, 2.45) is 0 Å². The van der Waals surface area contributed by atoms with Crippen LogP contribution in [0.5, 0.6) is 11.5 Å². The number of hydrogen-bond donors (Lipinski definition) is 0. The van der Waals surface area contributed by atoms with Crippen LogP contribution in [0, 0.1) is 0 Å². The highest BCUT2D eigenvalue weighted by molar-refractivity contribution is 7.21. The predicted octanol–water partition coefficient (Wildman–Crippen LogP) is 12.4. The summed E-state index contributed by atoms with van der Waals surface area (Å²) in [5.74, 6) is 1.72. The average Bonchev–Trinajstić information content (AvgIpc) is 3.56. The summed E-state index contributed by atoms with van der Waals surface area (Å²) in [5, 5.41) is 10.9. The SMILES string of the molecule is c1ccc(-c2ccc(N(c3ccc([Si](c4ccccc4)(c4ccccc4)c4ccccc4)cc3)c3ccc4c(c3)C3(c5ccccc5O4)c4ccccc4[Si](c4ccccc4)(c4ccccc4)c4ccccc43)cc2)cc1. The van der Waals surface area contributed by atoms with Crippen molar-refractivity contribution < 1.29 is 4.74 Å². The Balaban J connectivity index is 1.02. The Morgan fingerprint density at radius 1 is 0.286 bits per heavy atom. The van der Waals surface area contributed by atoms with Gasteiger partial charge in [-0.15, -0.1) is 0 Å². The van der Waals surface area contributed by atoms with Gasteiger partial charge in [0.15, 0.2) is 16.1 Å². The van der Waals surface area contributed by atoms with Crippen molar-refractivity contribution in [1.82, 2.24) is 0 Å². The van der Waals surface area contributed by atoms with Gasteiger partial charge in [-0.25, -0.2) is 0 Å². The smallest absolute Gasteiger partial charge is 0.180 e. The summed E-state index contributed by atoms with van der Waals surface area (Å²) in [6, 6.07) is 120. The van der Waals surface area contributed by atoms with E-state index in [9.17, 15) is 0 Å². The summed E-state index contributed by atoms with van der Waals surface area (Å²) < 4.78 is 7.14. The first-order valence-corrected chi connectivity index (χ1v) is 30.7. The molecule has 77 heavy (non-hydrogen) atoms. The highest BCUT2D eigenvalue weighted by Crippen LogP contribution is 2.57. The fourth-order valence-electron chi connectivity index (χ4n) is 13.3. The zero-order valence-corrected chi connectivity index (χ0v) is 44.5. The Bertz CT molecular complexity index is 3860. The van der Waals surface area contributed by atoms with Crippen molar-refractivity contribution in [2.75, 3.05) is 4.90 Å². The molecule has 0 amide bonds. The van der Waals surface area contributed by atoms with Gasteiger partial charge in [-0.1, -0.05) is 273 Å². The molecule has 0 unspecified atom stereocenters. The number of nitrogens with zero attached hydrogens (tertiary/aromatic N) is 1. The Morgan fingerprint density at radius 2 is 0.649 bits per heavy atom. The van der Waals surface area contributed by atoms with Crippen LogP contribution in [0.1, 0.15) is 22.3 Å². The molecule has 12 aromatic rings. The van der Waals surface area contributed by atoms with Gasteiger partial charge in [0.05, 0.1) is 5.41 Å². The third-order valence-electron chi connectivity index (χ3n) is 16.4. The van der Waals surface area contributed by atoms with Gasteiger partial charge in [0.1, 0.15) is 11.5 Å². The monoisotopic (exact) mass is 1020 g/mol. The van der Waals surface area contributed by atoms with Gasteiger partial charge in [-0.05, 0) is 112 Å². The quantitative estimate of drug-likeness (QED) is 0.1000. The van der Waals surface area contributed by atoms with Crippen molar-refractivity contribution in [3.63, 3.8) is 0 Å². The van der Waals surface area contributed by atoms with Crippen LogP contribution in [0.15, 0.2) is 322 Å². The van der Waals surface area contributed by atoms with Crippen LogP contribution in [0.3, 0.4) is 0 Å².